The summed E-state index contributed by atoms with van der Waals surface area (Å²) in [7, 11) is -1.50. The van der Waals surface area contributed by atoms with Crippen LogP contribution in [0.1, 0.15) is 59.9 Å². The van der Waals surface area contributed by atoms with E-state index in [0.717, 1.165) is 12.8 Å². The van der Waals surface area contributed by atoms with E-state index < -0.39 is 21.3 Å². The van der Waals surface area contributed by atoms with Gasteiger partial charge in [-0.15, -0.1) is 0 Å². The summed E-state index contributed by atoms with van der Waals surface area (Å²) in [5.41, 5.74) is 0.833. The Morgan fingerprint density at radius 1 is 1.14 bits per heavy atom. The van der Waals surface area contributed by atoms with E-state index in [2.05, 4.69) is 6.58 Å². The van der Waals surface area contributed by atoms with E-state index in [4.69, 9.17) is 37.1 Å². The highest BCUT2D eigenvalue weighted by Crippen LogP contribution is 2.46. The second kappa shape index (κ2) is 10.8. The van der Waals surface area contributed by atoms with Gasteiger partial charge in [-0.25, -0.2) is 9.00 Å². The second-order valence-electron chi connectivity index (χ2n) is 11.2. The van der Waals surface area contributed by atoms with Crippen LogP contribution in [-0.2, 0) is 15.7 Å². The third-order valence-electron chi connectivity index (χ3n) is 6.16. The zero-order valence-corrected chi connectivity index (χ0v) is 23.7. The number of carbonyl (C=O) groups excluding carboxylic acids is 1. The Hall–Kier alpha value is -1.57. The molecule has 3 unspecified atom stereocenters. The third kappa shape index (κ3) is 6.80. The molecule has 0 aromatic heterocycles. The second-order valence-corrected chi connectivity index (χ2v) is 13.9. The van der Waals surface area contributed by atoms with E-state index in [0.29, 0.717) is 40.2 Å². The smallest absolute Gasteiger partial charge is 0.410 e. The zero-order chi connectivity index (χ0) is 26.1. The summed E-state index contributed by atoms with van der Waals surface area (Å²) in [6, 6.07) is 3.43. The summed E-state index contributed by atoms with van der Waals surface area (Å²) in [5.74, 6) is 0.832. The number of fused-ring (bicyclic) bond motifs is 2. The van der Waals surface area contributed by atoms with E-state index in [1.165, 1.54) is 0 Å². The maximum atomic E-state index is 13.3. The van der Waals surface area contributed by atoms with Crippen molar-refractivity contribution in [2.24, 2.45) is 22.2 Å². The number of benzene rings is 1. The van der Waals surface area contributed by atoms with Gasteiger partial charge in [-0.2, -0.15) is 4.40 Å². The minimum absolute atomic E-state index is 0.00306. The normalized spacial score (nSPS) is 23.7. The van der Waals surface area contributed by atoms with Crippen LogP contribution in [0, 0.1) is 17.8 Å². The Labute approximate surface area is 221 Å². The molecule has 1 aromatic rings. The van der Waals surface area contributed by atoms with Crippen molar-refractivity contribution < 1.29 is 18.5 Å². The van der Waals surface area contributed by atoms with E-state index in [1.807, 2.05) is 41.5 Å². The standard InChI is InChI=1S/C26H36Cl2N2O4S/c1-8-11-33-21-13-20(28)19(27)12-18(21)23(29-35(32)26(5,6)7)22-16-9-10-17(22)15-30(14-16)24(31)34-25(2,3)4/h8,12-13,16-17,22H,1,9-11,14-15H2,2-7H3/b29-23-. The summed E-state index contributed by atoms with van der Waals surface area (Å²) in [6.45, 7) is 16.4. The predicted molar refractivity (Wildman–Crippen MR) is 144 cm³/mol. The molecule has 3 atom stereocenters. The minimum Gasteiger partial charge on any atom is -0.489 e. The van der Waals surface area contributed by atoms with Gasteiger partial charge in [0.2, 0.25) is 0 Å². The molecule has 6 nitrogen and oxygen atoms in total. The summed E-state index contributed by atoms with van der Waals surface area (Å²) < 4.78 is 29.1. The molecule has 2 fully saturated rings. The van der Waals surface area contributed by atoms with Crippen molar-refractivity contribution in [1.82, 2.24) is 4.90 Å². The van der Waals surface area contributed by atoms with E-state index in [-0.39, 0.29) is 30.5 Å². The van der Waals surface area contributed by atoms with E-state index >= 15 is 0 Å². The number of amides is 1. The maximum Gasteiger partial charge on any atom is 0.410 e. The van der Waals surface area contributed by atoms with Gasteiger partial charge in [0.15, 0.2) is 0 Å². The molecule has 9 heteroatoms. The third-order valence-corrected chi connectivity index (χ3v) is 8.29. The molecule has 1 aliphatic carbocycles. The van der Waals surface area contributed by atoms with Crippen LogP contribution in [0.25, 0.3) is 0 Å². The van der Waals surface area contributed by atoms with Crippen molar-refractivity contribution in [2.45, 2.75) is 64.7 Å². The molecule has 3 rings (SSSR count). The van der Waals surface area contributed by atoms with Crippen LogP contribution in [0.4, 0.5) is 4.79 Å². The lowest BCUT2D eigenvalue weighted by Crippen LogP contribution is -2.49. The van der Waals surface area contributed by atoms with Crippen molar-refractivity contribution in [3.05, 3.63) is 40.4 Å². The number of rotatable bonds is 6. The summed E-state index contributed by atoms with van der Waals surface area (Å²) >= 11 is 12.8. The van der Waals surface area contributed by atoms with Crippen LogP contribution in [0.2, 0.25) is 10.0 Å². The Morgan fingerprint density at radius 2 is 1.71 bits per heavy atom. The lowest BCUT2D eigenvalue weighted by atomic mass is 9.79. The maximum absolute atomic E-state index is 13.3. The van der Waals surface area contributed by atoms with Crippen molar-refractivity contribution in [2.75, 3.05) is 19.7 Å². The molecule has 0 spiro atoms. The quantitative estimate of drug-likeness (QED) is 0.296. The number of nitrogens with zero attached hydrogens (tertiary/aromatic N) is 2. The van der Waals surface area contributed by atoms with Crippen LogP contribution in [0.3, 0.4) is 0 Å². The molecule has 1 heterocycles. The molecule has 0 radical (unpaired) electrons. The summed E-state index contributed by atoms with van der Waals surface area (Å²) in [4.78, 5) is 14.6. The van der Waals surface area contributed by atoms with Crippen LogP contribution < -0.4 is 4.74 Å². The van der Waals surface area contributed by atoms with Gasteiger partial charge in [0.05, 0.1) is 20.5 Å². The molecule has 2 bridgehead atoms. The predicted octanol–water partition coefficient (Wildman–Crippen LogP) is 6.70. The van der Waals surface area contributed by atoms with Gasteiger partial charge in [-0.1, -0.05) is 35.9 Å². The highest BCUT2D eigenvalue weighted by molar-refractivity contribution is 7.85. The molecule has 1 aromatic carbocycles. The first-order valence-electron chi connectivity index (χ1n) is 11.9. The fourth-order valence-electron chi connectivity index (χ4n) is 4.66. The fourth-order valence-corrected chi connectivity index (χ4v) is 5.65. The molecule has 1 aliphatic heterocycles. The van der Waals surface area contributed by atoms with Gasteiger partial charge in [0, 0.05) is 30.6 Å². The van der Waals surface area contributed by atoms with Gasteiger partial charge < -0.3 is 14.4 Å². The Bertz CT molecular complexity index is 1020. The fraction of sp³-hybridized carbons (Fsp3) is 0.615. The van der Waals surface area contributed by atoms with Crippen molar-refractivity contribution in [3.63, 3.8) is 0 Å². The van der Waals surface area contributed by atoms with Gasteiger partial charge >= 0.3 is 6.09 Å². The molecule has 1 amide bonds. The molecule has 1 saturated carbocycles. The monoisotopic (exact) mass is 542 g/mol. The number of hydrogen-bond acceptors (Lipinski definition) is 4. The average Bonchev–Trinajstić information content (AvgIpc) is 2.98. The Balaban J connectivity index is 2.04. The molecule has 194 valence electrons. The van der Waals surface area contributed by atoms with Crippen LogP contribution in [-0.4, -0.2) is 51.0 Å². The molecular formula is C26H36Cl2N2O4S. The first-order valence-corrected chi connectivity index (χ1v) is 13.8. The largest absolute Gasteiger partial charge is 0.489 e. The number of ether oxygens (including phenoxy) is 2. The van der Waals surface area contributed by atoms with Crippen LogP contribution in [0.15, 0.2) is 29.2 Å². The highest BCUT2D eigenvalue weighted by atomic mass is 35.5. The van der Waals surface area contributed by atoms with Gasteiger partial charge in [-0.3, -0.25) is 0 Å². The number of likely N-dealkylation sites (tertiary alicyclic amines) is 1. The number of carbonyl (C=O) groups is 1. The lowest BCUT2D eigenvalue weighted by Gasteiger charge is -2.39. The number of hydrogen-bond donors (Lipinski definition) is 0. The first-order chi connectivity index (χ1) is 16.2. The molecule has 0 N–H and O–H groups in total. The van der Waals surface area contributed by atoms with Crippen LogP contribution in [0.5, 0.6) is 5.75 Å². The van der Waals surface area contributed by atoms with Gasteiger partial charge in [0.25, 0.3) is 0 Å². The Kier molecular flexibility index (Phi) is 8.65. The van der Waals surface area contributed by atoms with Gasteiger partial charge in [-0.05, 0) is 72.3 Å². The molecule has 2 aliphatic rings. The molecular weight excluding hydrogens is 507 g/mol. The van der Waals surface area contributed by atoms with Crippen LogP contribution >= 0.6 is 23.2 Å². The SMILES string of the molecule is C=CCOc1cc(Cl)c(Cl)cc1/C(=N/S(=O)C(C)(C)C)C1C2CCC1CN(C(=O)OC(C)(C)C)C2. The summed E-state index contributed by atoms with van der Waals surface area (Å²) in [5, 5.41) is 0.744. The van der Waals surface area contributed by atoms with Crippen molar-refractivity contribution >= 4 is 46.0 Å². The molecule has 35 heavy (non-hydrogen) atoms. The summed E-state index contributed by atoms with van der Waals surface area (Å²) in [6.07, 6.45) is 3.24. The van der Waals surface area contributed by atoms with E-state index in [9.17, 15) is 9.00 Å². The zero-order valence-electron chi connectivity index (χ0n) is 21.4. The Morgan fingerprint density at radius 3 is 2.23 bits per heavy atom. The average molecular weight is 544 g/mol. The topological polar surface area (TPSA) is 68.2 Å². The van der Waals surface area contributed by atoms with Crippen molar-refractivity contribution in [3.8, 4) is 5.75 Å². The lowest BCUT2D eigenvalue weighted by molar-refractivity contribution is 0.0123. The number of halogens is 2. The number of piperidine rings is 1. The van der Waals surface area contributed by atoms with Gasteiger partial charge in [0.1, 0.15) is 28.9 Å². The van der Waals surface area contributed by atoms with Crippen molar-refractivity contribution in [1.29, 1.82) is 0 Å². The first kappa shape index (κ1) is 28.0. The molecule has 1 saturated heterocycles. The van der Waals surface area contributed by atoms with E-state index in [1.54, 1.807) is 23.1 Å². The highest BCUT2D eigenvalue weighted by Gasteiger charge is 2.47. The minimum atomic E-state index is -1.50.